The highest BCUT2D eigenvalue weighted by Crippen LogP contribution is 2.22. The van der Waals surface area contributed by atoms with Crippen molar-refractivity contribution in [2.24, 2.45) is 0 Å². The van der Waals surface area contributed by atoms with Crippen LogP contribution in [0.15, 0.2) is 36.4 Å². The summed E-state index contributed by atoms with van der Waals surface area (Å²) in [7, 11) is 0. The highest BCUT2D eigenvalue weighted by Gasteiger charge is 2.10. The Balaban J connectivity index is 2.17. The summed E-state index contributed by atoms with van der Waals surface area (Å²) < 4.78 is 0. The minimum Gasteiger partial charge on any atom is -0.381 e. The lowest BCUT2D eigenvalue weighted by Gasteiger charge is -2.11. The van der Waals surface area contributed by atoms with Gasteiger partial charge in [-0.15, -0.1) is 0 Å². The SMILES string of the molecule is Cc1ccc(CNc2cccc(C)c2C)cc1[N+](=O)[O-]. The van der Waals surface area contributed by atoms with Gasteiger partial charge < -0.3 is 5.32 Å². The molecule has 0 heterocycles. The summed E-state index contributed by atoms with van der Waals surface area (Å²) in [5.74, 6) is 0. The standard InChI is InChI=1S/C16H18N2O2/c1-11-5-4-6-15(13(11)3)17-10-14-8-7-12(2)16(9-14)18(19)20/h4-9,17H,10H2,1-3H3. The molecule has 0 saturated carbocycles. The van der Waals surface area contributed by atoms with E-state index < -0.39 is 0 Å². The monoisotopic (exact) mass is 270 g/mol. The summed E-state index contributed by atoms with van der Waals surface area (Å²) >= 11 is 0. The molecule has 0 fully saturated rings. The van der Waals surface area contributed by atoms with Gasteiger partial charge in [0.25, 0.3) is 5.69 Å². The highest BCUT2D eigenvalue weighted by molar-refractivity contribution is 5.54. The van der Waals surface area contributed by atoms with E-state index in [9.17, 15) is 10.1 Å². The second-order valence-corrected chi connectivity index (χ2v) is 4.98. The van der Waals surface area contributed by atoms with Gasteiger partial charge in [-0.05, 0) is 43.5 Å². The van der Waals surface area contributed by atoms with Crippen LogP contribution in [0.4, 0.5) is 11.4 Å². The molecule has 0 aliphatic carbocycles. The van der Waals surface area contributed by atoms with Crippen LogP contribution >= 0.6 is 0 Å². The Kier molecular flexibility index (Phi) is 4.03. The van der Waals surface area contributed by atoms with Gasteiger partial charge in [-0.2, -0.15) is 0 Å². The molecule has 0 aromatic heterocycles. The van der Waals surface area contributed by atoms with Gasteiger partial charge in [-0.1, -0.05) is 24.3 Å². The molecule has 0 amide bonds. The first-order valence-corrected chi connectivity index (χ1v) is 6.53. The number of anilines is 1. The smallest absolute Gasteiger partial charge is 0.272 e. The molecule has 2 aromatic rings. The summed E-state index contributed by atoms with van der Waals surface area (Å²) in [6.07, 6.45) is 0. The zero-order chi connectivity index (χ0) is 14.7. The van der Waals surface area contributed by atoms with Crippen LogP contribution in [0.2, 0.25) is 0 Å². The summed E-state index contributed by atoms with van der Waals surface area (Å²) in [4.78, 5) is 10.6. The number of aryl methyl sites for hydroxylation is 2. The Hall–Kier alpha value is -2.36. The lowest BCUT2D eigenvalue weighted by molar-refractivity contribution is -0.385. The number of rotatable bonds is 4. The molecule has 4 nitrogen and oxygen atoms in total. The fourth-order valence-electron chi connectivity index (χ4n) is 2.10. The number of hydrogen-bond acceptors (Lipinski definition) is 3. The minimum atomic E-state index is -0.337. The van der Waals surface area contributed by atoms with E-state index >= 15 is 0 Å². The normalized spacial score (nSPS) is 10.3. The molecule has 0 bridgehead atoms. The third-order valence-electron chi connectivity index (χ3n) is 3.56. The average Bonchev–Trinajstić information content (AvgIpc) is 2.41. The predicted molar refractivity (Wildman–Crippen MR) is 81.1 cm³/mol. The van der Waals surface area contributed by atoms with Crippen LogP contribution in [0.3, 0.4) is 0 Å². The highest BCUT2D eigenvalue weighted by atomic mass is 16.6. The van der Waals surface area contributed by atoms with E-state index in [4.69, 9.17) is 0 Å². The lowest BCUT2D eigenvalue weighted by Crippen LogP contribution is -2.03. The second kappa shape index (κ2) is 5.74. The Morgan fingerprint density at radius 1 is 1.10 bits per heavy atom. The van der Waals surface area contributed by atoms with Crippen molar-refractivity contribution < 1.29 is 4.92 Å². The lowest BCUT2D eigenvalue weighted by atomic mass is 10.1. The molecule has 104 valence electrons. The fraction of sp³-hybridized carbons (Fsp3) is 0.250. The van der Waals surface area contributed by atoms with Crippen molar-refractivity contribution in [3.05, 3.63) is 68.8 Å². The Morgan fingerprint density at radius 3 is 2.55 bits per heavy atom. The first kappa shape index (κ1) is 14.1. The van der Waals surface area contributed by atoms with Crippen molar-refractivity contribution >= 4 is 11.4 Å². The van der Waals surface area contributed by atoms with Crippen molar-refractivity contribution in [2.75, 3.05) is 5.32 Å². The molecule has 0 aliphatic rings. The van der Waals surface area contributed by atoms with E-state index in [1.54, 1.807) is 19.1 Å². The molecule has 4 heteroatoms. The van der Waals surface area contributed by atoms with Crippen LogP contribution in [0.1, 0.15) is 22.3 Å². The number of nitrogens with zero attached hydrogens (tertiary/aromatic N) is 1. The molecule has 0 aliphatic heterocycles. The van der Waals surface area contributed by atoms with Crippen LogP contribution in [0.5, 0.6) is 0 Å². The van der Waals surface area contributed by atoms with Crippen molar-refractivity contribution in [3.8, 4) is 0 Å². The van der Waals surface area contributed by atoms with E-state index in [0.717, 1.165) is 11.3 Å². The van der Waals surface area contributed by atoms with Crippen LogP contribution in [-0.4, -0.2) is 4.92 Å². The van der Waals surface area contributed by atoms with Gasteiger partial charge in [0.1, 0.15) is 0 Å². The molecule has 2 aromatic carbocycles. The molecule has 0 unspecified atom stereocenters. The van der Waals surface area contributed by atoms with Gasteiger partial charge in [0.15, 0.2) is 0 Å². The van der Waals surface area contributed by atoms with Gasteiger partial charge in [-0.3, -0.25) is 10.1 Å². The first-order valence-electron chi connectivity index (χ1n) is 6.53. The topological polar surface area (TPSA) is 55.2 Å². The van der Waals surface area contributed by atoms with Crippen LogP contribution in [-0.2, 0) is 6.54 Å². The van der Waals surface area contributed by atoms with Crippen molar-refractivity contribution in [2.45, 2.75) is 27.3 Å². The van der Waals surface area contributed by atoms with Crippen molar-refractivity contribution in [3.63, 3.8) is 0 Å². The van der Waals surface area contributed by atoms with E-state index in [-0.39, 0.29) is 10.6 Å². The van der Waals surface area contributed by atoms with Crippen LogP contribution in [0, 0.1) is 30.9 Å². The van der Waals surface area contributed by atoms with Crippen molar-refractivity contribution in [1.82, 2.24) is 0 Å². The molecule has 0 spiro atoms. The quantitative estimate of drug-likeness (QED) is 0.671. The molecule has 1 N–H and O–H groups in total. The maximum Gasteiger partial charge on any atom is 0.272 e. The van der Waals surface area contributed by atoms with Gasteiger partial charge in [-0.25, -0.2) is 0 Å². The largest absolute Gasteiger partial charge is 0.381 e. The van der Waals surface area contributed by atoms with E-state index in [0.29, 0.717) is 12.1 Å². The van der Waals surface area contributed by atoms with Crippen molar-refractivity contribution in [1.29, 1.82) is 0 Å². The van der Waals surface area contributed by atoms with E-state index in [1.807, 2.05) is 18.2 Å². The van der Waals surface area contributed by atoms with E-state index in [2.05, 4.69) is 25.2 Å². The molecular formula is C16H18N2O2. The number of nitro benzene ring substituents is 1. The molecule has 20 heavy (non-hydrogen) atoms. The predicted octanol–water partition coefficient (Wildman–Crippen LogP) is 4.13. The maximum atomic E-state index is 10.9. The molecule has 2 rings (SSSR count). The summed E-state index contributed by atoms with van der Waals surface area (Å²) in [5, 5.41) is 14.3. The molecule has 0 saturated heterocycles. The minimum absolute atomic E-state index is 0.172. The van der Waals surface area contributed by atoms with Gasteiger partial charge in [0.05, 0.1) is 4.92 Å². The van der Waals surface area contributed by atoms with Gasteiger partial charge in [0.2, 0.25) is 0 Å². The zero-order valence-electron chi connectivity index (χ0n) is 11.9. The second-order valence-electron chi connectivity index (χ2n) is 4.98. The summed E-state index contributed by atoms with van der Waals surface area (Å²) in [6, 6.07) is 11.4. The first-order chi connectivity index (χ1) is 9.49. The fourth-order valence-corrected chi connectivity index (χ4v) is 2.10. The van der Waals surface area contributed by atoms with Gasteiger partial charge >= 0.3 is 0 Å². The Labute approximate surface area is 118 Å². The summed E-state index contributed by atoms with van der Waals surface area (Å²) in [6.45, 7) is 6.46. The molecular weight excluding hydrogens is 252 g/mol. The number of hydrogen-bond donors (Lipinski definition) is 1. The van der Waals surface area contributed by atoms with Crippen LogP contribution < -0.4 is 5.32 Å². The zero-order valence-corrected chi connectivity index (χ0v) is 11.9. The number of nitro groups is 1. The van der Waals surface area contributed by atoms with E-state index in [1.165, 1.54) is 11.1 Å². The Morgan fingerprint density at radius 2 is 1.85 bits per heavy atom. The third-order valence-corrected chi connectivity index (χ3v) is 3.56. The summed E-state index contributed by atoms with van der Waals surface area (Å²) in [5.41, 5.74) is 5.26. The Bertz CT molecular complexity index is 651. The maximum absolute atomic E-state index is 10.9. The van der Waals surface area contributed by atoms with Crippen LogP contribution in [0.25, 0.3) is 0 Å². The third kappa shape index (κ3) is 2.96. The van der Waals surface area contributed by atoms with Gasteiger partial charge in [0, 0.05) is 23.9 Å². The number of nitrogens with one attached hydrogen (secondary N) is 1. The molecule has 0 radical (unpaired) electrons. The average molecular weight is 270 g/mol. The molecule has 0 atom stereocenters. The number of benzene rings is 2.